The van der Waals surface area contributed by atoms with Gasteiger partial charge in [0, 0.05) is 29.1 Å². The zero-order valence-corrected chi connectivity index (χ0v) is 13.9. The largest absolute Gasteiger partial charge is 0.497 e. The number of hydrogen-bond acceptors (Lipinski definition) is 5. The number of methoxy groups -OCH3 is 1. The first-order valence-corrected chi connectivity index (χ1v) is 7.81. The molecule has 25 heavy (non-hydrogen) atoms. The Hall–Kier alpha value is -3.46. The van der Waals surface area contributed by atoms with E-state index in [2.05, 4.69) is 21.4 Å². The second-order valence-corrected chi connectivity index (χ2v) is 5.28. The Balaban J connectivity index is 2.41. The first-order valence-electron chi connectivity index (χ1n) is 7.81. The number of carbonyl (C=O) groups is 1. The Morgan fingerprint density at radius 1 is 1.28 bits per heavy atom. The van der Waals surface area contributed by atoms with E-state index in [0.717, 1.165) is 0 Å². The third kappa shape index (κ3) is 3.00. The summed E-state index contributed by atoms with van der Waals surface area (Å²) >= 11 is 0. The van der Waals surface area contributed by atoms with E-state index in [0.29, 0.717) is 34.3 Å². The van der Waals surface area contributed by atoms with E-state index in [1.165, 1.54) is 0 Å². The summed E-state index contributed by atoms with van der Waals surface area (Å²) in [6, 6.07) is 12.9. The third-order valence-electron chi connectivity index (χ3n) is 3.79. The number of pyridine rings is 2. The van der Waals surface area contributed by atoms with Crippen LogP contribution in [0, 0.1) is 11.3 Å². The fraction of sp³-hybridized carbons (Fsp3) is 0.158. The first kappa shape index (κ1) is 16.4. The molecule has 0 unspecified atom stereocenters. The highest BCUT2D eigenvalue weighted by atomic mass is 16.5. The maximum Gasteiger partial charge on any atom is 0.270 e. The Labute approximate surface area is 145 Å². The van der Waals surface area contributed by atoms with Crippen LogP contribution in [0.15, 0.2) is 42.6 Å². The molecule has 0 spiro atoms. The second kappa shape index (κ2) is 6.97. The van der Waals surface area contributed by atoms with Gasteiger partial charge in [-0.15, -0.1) is 0 Å². The quantitative estimate of drug-likeness (QED) is 0.793. The summed E-state index contributed by atoms with van der Waals surface area (Å²) in [5, 5.41) is 13.7. The highest BCUT2D eigenvalue weighted by molar-refractivity contribution is 6.10. The van der Waals surface area contributed by atoms with Gasteiger partial charge >= 0.3 is 0 Å². The number of nitriles is 1. The molecular formula is C19H16N4O2. The number of fused-ring (bicyclic) bond motifs is 1. The molecule has 0 atom stereocenters. The molecule has 0 aliphatic rings. The van der Waals surface area contributed by atoms with Gasteiger partial charge in [0.05, 0.1) is 12.8 Å². The van der Waals surface area contributed by atoms with E-state index in [4.69, 9.17) is 4.74 Å². The van der Waals surface area contributed by atoms with Crippen molar-refractivity contribution >= 4 is 16.7 Å². The van der Waals surface area contributed by atoms with Crippen molar-refractivity contribution in [2.24, 2.45) is 0 Å². The molecule has 1 aromatic carbocycles. The van der Waals surface area contributed by atoms with Crippen LogP contribution in [0.25, 0.3) is 22.0 Å². The molecule has 6 nitrogen and oxygen atoms in total. The topological polar surface area (TPSA) is 87.9 Å². The summed E-state index contributed by atoms with van der Waals surface area (Å²) in [6.45, 7) is 2.30. The van der Waals surface area contributed by atoms with Gasteiger partial charge in [0.1, 0.15) is 17.5 Å². The number of benzene rings is 1. The predicted octanol–water partition coefficient (Wildman–Crippen LogP) is 2.93. The maximum atomic E-state index is 12.4. The van der Waals surface area contributed by atoms with E-state index >= 15 is 0 Å². The molecule has 0 aliphatic carbocycles. The summed E-state index contributed by atoms with van der Waals surface area (Å²) in [7, 11) is 1.57. The van der Waals surface area contributed by atoms with Crippen molar-refractivity contribution in [3.8, 4) is 23.1 Å². The normalized spacial score (nSPS) is 10.3. The van der Waals surface area contributed by atoms with Crippen LogP contribution in [0.5, 0.6) is 5.75 Å². The molecule has 6 heteroatoms. The van der Waals surface area contributed by atoms with Gasteiger partial charge in [0.25, 0.3) is 5.91 Å². The molecule has 0 radical (unpaired) electrons. The number of rotatable bonds is 4. The van der Waals surface area contributed by atoms with Crippen LogP contribution in [0.1, 0.15) is 23.1 Å². The van der Waals surface area contributed by atoms with Crippen LogP contribution >= 0.6 is 0 Å². The third-order valence-corrected chi connectivity index (χ3v) is 3.79. The molecule has 0 saturated carbocycles. The highest BCUT2D eigenvalue weighted by Gasteiger charge is 2.20. The van der Waals surface area contributed by atoms with Crippen molar-refractivity contribution < 1.29 is 9.53 Å². The fourth-order valence-corrected chi connectivity index (χ4v) is 2.69. The molecule has 3 rings (SSSR count). The van der Waals surface area contributed by atoms with Crippen molar-refractivity contribution in [1.29, 1.82) is 5.26 Å². The molecule has 1 N–H and O–H groups in total. The van der Waals surface area contributed by atoms with Crippen LogP contribution in [-0.2, 0) is 0 Å². The highest BCUT2D eigenvalue weighted by Crippen LogP contribution is 2.33. The summed E-state index contributed by atoms with van der Waals surface area (Å²) in [5.41, 5.74) is 1.58. The number of nitrogens with zero attached hydrogens (tertiary/aromatic N) is 3. The van der Waals surface area contributed by atoms with E-state index in [1.54, 1.807) is 37.6 Å². The van der Waals surface area contributed by atoms with Crippen molar-refractivity contribution in [2.75, 3.05) is 13.7 Å². The van der Waals surface area contributed by atoms with E-state index in [9.17, 15) is 10.1 Å². The molecule has 1 amide bonds. The van der Waals surface area contributed by atoms with Gasteiger partial charge in [0.2, 0.25) is 0 Å². The summed E-state index contributed by atoms with van der Waals surface area (Å²) in [5.74, 6) is 0.309. The lowest BCUT2D eigenvalue weighted by Gasteiger charge is -2.13. The maximum absolute atomic E-state index is 12.4. The monoisotopic (exact) mass is 332 g/mol. The van der Waals surface area contributed by atoms with Crippen LogP contribution < -0.4 is 10.1 Å². The number of hydrogen-bond donors (Lipinski definition) is 1. The summed E-state index contributed by atoms with van der Waals surface area (Å²) < 4.78 is 5.31. The van der Waals surface area contributed by atoms with Gasteiger partial charge in [-0.3, -0.25) is 9.78 Å². The molecular weight excluding hydrogens is 316 g/mol. The van der Waals surface area contributed by atoms with Crippen LogP contribution in [0.4, 0.5) is 0 Å². The minimum absolute atomic E-state index is 0.153. The molecule has 0 bridgehead atoms. The molecule has 2 aromatic heterocycles. The van der Waals surface area contributed by atoms with Crippen molar-refractivity contribution in [3.05, 3.63) is 54.0 Å². The van der Waals surface area contributed by atoms with Crippen molar-refractivity contribution in [3.63, 3.8) is 0 Å². The predicted molar refractivity (Wildman–Crippen MR) is 94.2 cm³/mol. The van der Waals surface area contributed by atoms with Gasteiger partial charge in [0.15, 0.2) is 5.69 Å². The van der Waals surface area contributed by atoms with Crippen LogP contribution in [-0.4, -0.2) is 29.5 Å². The van der Waals surface area contributed by atoms with E-state index in [1.807, 2.05) is 19.1 Å². The zero-order chi connectivity index (χ0) is 17.8. The molecule has 124 valence electrons. The molecule has 0 fully saturated rings. The number of nitrogens with one attached hydrogen (secondary N) is 1. The molecule has 0 aliphatic heterocycles. The van der Waals surface area contributed by atoms with Crippen molar-refractivity contribution in [2.45, 2.75) is 6.92 Å². The van der Waals surface area contributed by atoms with Gasteiger partial charge in [-0.1, -0.05) is 6.07 Å². The lowest BCUT2D eigenvalue weighted by molar-refractivity contribution is 0.0952. The minimum Gasteiger partial charge on any atom is -0.497 e. The average Bonchev–Trinajstić information content (AvgIpc) is 2.66. The lowest BCUT2D eigenvalue weighted by Crippen LogP contribution is -2.24. The Morgan fingerprint density at radius 2 is 2.12 bits per heavy atom. The van der Waals surface area contributed by atoms with Gasteiger partial charge < -0.3 is 10.1 Å². The fourth-order valence-electron chi connectivity index (χ4n) is 2.69. The molecule has 0 saturated heterocycles. The Kier molecular flexibility index (Phi) is 4.57. The van der Waals surface area contributed by atoms with E-state index in [-0.39, 0.29) is 17.3 Å². The van der Waals surface area contributed by atoms with Gasteiger partial charge in [-0.05, 0) is 37.3 Å². The average molecular weight is 332 g/mol. The van der Waals surface area contributed by atoms with E-state index < -0.39 is 0 Å². The number of amides is 1. The lowest BCUT2D eigenvalue weighted by atomic mass is 9.98. The Bertz CT molecular complexity index is 978. The second-order valence-electron chi connectivity index (χ2n) is 5.28. The summed E-state index contributed by atoms with van der Waals surface area (Å²) in [4.78, 5) is 21.1. The SMILES string of the molecule is CCNC(=O)c1nc(C#N)c(-c2ccccn2)c2cc(OC)ccc12. The van der Waals surface area contributed by atoms with Crippen LogP contribution in [0.2, 0.25) is 0 Å². The van der Waals surface area contributed by atoms with Crippen LogP contribution in [0.3, 0.4) is 0 Å². The minimum atomic E-state index is -0.318. The summed E-state index contributed by atoms with van der Waals surface area (Å²) in [6.07, 6.45) is 1.65. The van der Waals surface area contributed by atoms with Gasteiger partial charge in [-0.2, -0.15) is 5.26 Å². The number of ether oxygens (including phenoxy) is 1. The Morgan fingerprint density at radius 3 is 2.76 bits per heavy atom. The zero-order valence-electron chi connectivity index (χ0n) is 13.9. The standard InChI is InChI=1S/C19H16N4O2/c1-3-21-19(24)18-13-8-7-12(25-2)10-14(13)17(16(11-20)23-18)15-6-4-5-9-22-15/h4-10H,3H2,1-2H3,(H,21,24). The van der Waals surface area contributed by atoms with Gasteiger partial charge in [-0.25, -0.2) is 4.98 Å². The first-order chi connectivity index (χ1) is 12.2. The number of carbonyl (C=O) groups excluding carboxylic acids is 1. The number of aromatic nitrogens is 2. The molecule has 3 aromatic rings. The van der Waals surface area contributed by atoms with Crippen molar-refractivity contribution in [1.82, 2.24) is 15.3 Å². The molecule has 2 heterocycles. The smallest absolute Gasteiger partial charge is 0.270 e.